The number of aliphatic carboxylic acids is 1. The van der Waals surface area contributed by atoms with Gasteiger partial charge in [0.25, 0.3) is 0 Å². The van der Waals surface area contributed by atoms with Crippen molar-refractivity contribution in [3.05, 3.63) is 77.4 Å². The predicted molar refractivity (Wildman–Crippen MR) is 114 cm³/mol. The van der Waals surface area contributed by atoms with E-state index in [1.165, 1.54) is 0 Å². The Balaban J connectivity index is 2.33. The standard InChI is InChI=1S/C24H24O5/c1-4-18(24(25)26)20-14-21(28-3)23(29-15-27-2)22-17(11-8-12-19(20)22)13-16-9-6-5-7-10-16/h4-12,14H,13,15H2,1-3H3,(H,25,26)/b18-4+. The first kappa shape index (κ1) is 20.4. The fourth-order valence-corrected chi connectivity index (χ4v) is 3.48. The van der Waals surface area contributed by atoms with Gasteiger partial charge >= 0.3 is 5.97 Å². The van der Waals surface area contributed by atoms with Crippen LogP contribution in [0.1, 0.15) is 23.6 Å². The molecule has 0 aliphatic heterocycles. The first-order valence-corrected chi connectivity index (χ1v) is 9.29. The number of methoxy groups -OCH3 is 2. The molecule has 5 nitrogen and oxygen atoms in total. The normalized spacial score (nSPS) is 11.5. The molecule has 0 aliphatic carbocycles. The number of hydrogen-bond donors (Lipinski definition) is 1. The van der Waals surface area contributed by atoms with Crippen molar-refractivity contribution in [1.82, 2.24) is 0 Å². The lowest BCUT2D eigenvalue weighted by molar-refractivity contribution is -0.130. The summed E-state index contributed by atoms with van der Waals surface area (Å²) < 4.78 is 16.6. The van der Waals surface area contributed by atoms with Gasteiger partial charge in [-0.05, 0) is 35.9 Å². The molecule has 0 aromatic heterocycles. The van der Waals surface area contributed by atoms with Gasteiger partial charge in [0.1, 0.15) is 0 Å². The molecule has 3 aromatic carbocycles. The van der Waals surface area contributed by atoms with Crippen LogP contribution in [0, 0.1) is 0 Å². The minimum absolute atomic E-state index is 0.0554. The molecule has 3 aromatic rings. The van der Waals surface area contributed by atoms with E-state index in [4.69, 9.17) is 14.2 Å². The Morgan fingerprint density at radius 1 is 1.07 bits per heavy atom. The smallest absolute Gasteiger partial charge is 0.335 e. The van der Waals surface area contributed by atoms with Crippen molar-refractivity contribution in [3.8, 4) is 11.5 Å². The quantitative estimate of drug-likeness (QED) is 0.436. The van der Waals surface area contributed by atoms with Crippen LogP contribution in [0.2, 0.25) is 0 Å². The summed E-state index contributed by atoms with van der Waals surface area (Å²) in [5.74, 6) is 0.0148. The monoisotopic (exact) mass is 392 g/mol. The maximum atomic E-state index is 11.8. The average molecular weight is 392 g/mol. The summed E-state index contributed by atoms with van der Waals surface area (Å²) in [5.41, 5.74) is 2.96. The lowest BCUT2D eigenvalue weighted by Gasteiger charge is -2.19. The molecule has 0 amide bonds. The Morgan fingerprint density at radius 3 is 2.45 bits per heavy atom. The topological polar surface area (TPSA) is 65.0 Å². The van der Waals surface area contributed by atoms with Crippen molar-refractivity contribution in [1.29, 1.82) is 0 Å². The SMILES string of the molecule is C/C=C(/C(=O)O)c1cc(OC)c(OCOC)c2c(Cc3ccccc3)cccc12. The Hall–Kier alpha value is -3.31. The van der Waals surface area contributed by atoms with Gasteiger partial charge in [-0.2, -0.15) is 0 Å². The number of hydrogen-bond acceptors (Lipinski definition) is 4. The minimum atomic E-state index is -0.991. The van der Waals surface area contributed by atoms with Gasteiger partial charge in [0.05, 0.1) is 12.7 Å². The molecular formula is C24H24O5. The van der Waals surface area contributed by atoms with Crippen LogP contribution in [0.5, 0.6) is 11.5 Å². The molecule has 5 heteroatoms. The summed E-state index contributed by atoms with van der Waals surface area (Å²) >= 11 is 0. The molecule has 1 N–H and O–H groups in total. The number of fused-ring (bicyclic) bond motifs is 1. The van der Waals surface area contributed by atoms with Crippen molar-refractivity contribution >= 4 is 22.3 Å². The number of ether oxygens (including phenoxy) is 3. The number of rotatable bonds is 8. The number of carboxylic acids is 1. The highest BCUT2D eigenvalue weighted by Gasteiger charge is 2.21. The molecule has 0 spiro atoms. The Kier molecular flexibility index (Phi) is 6.52. The third-order valence-electron chi connectivity index (χ3n) is 4.75. The molecule has 0 saturated heterocycles. The fourth-order valence-electron chi connectivity index (χ4n) is 3.48. The van der Waals surface area contributed by atoms with Crippen molar-refractivity contribution in [2.75, 3.05) is 21.0 Å². The number of allylic oxidation sites excluding steroid dienone is 1. The van der Waals surface area contributed by atoms with E-state index < -0.39 is 5.97 Å². The molecule has 29 heavy (non-hydrogen) atoms. The van der Waals surface area contributed by atoms with Gasteiger partial charge in [0.15, 0.2) is 18.3 Å². The van der Waals surface area contributed by atoms with Gasteiger partial charge < -0.3 is 19.3 Å². The molecule has 0 heterocycles. The molecule has 0 fully saturated rings. The second kappa shape index (κ2) is 9.26. The third kappa shape index (κ3) is 4.25. The number of carbonyl (C=O) groups is 1. The molecule has 3 rings (SSSR count). The zero-order chi connectivity index (χ0) is 20.8. The predicted octanol–water partition coefficient (Wildman–Crippen LogP) is 4.91. The van der Waals surface area contributed by atoms with Crippen LogP contribution in [-0.2, 0) is 16.0 Å². The molecule has 0 saturated carbocycles. The van der Waals surface area contributed by atoms with Gasteiger partial charge in [-0.25, -0.2) is 4.79 Å². The Morgan fingerprint density at radius 2 is 1.83 bits per heavy atom. The number of carboxylic acid groups (broad SMARTS) is 1. The van der Waals surface area contributed by atoms with Crippen molar-refractivity contribution in [2.45, 2.75) is 13.3 Å². The van der Waals surface area contributed by atoms with Crippen LogP contribution in [-0.4, -0.2) is 32.1 Å². The van der Waals surface area contributed by atoms with Crippen molar-refractivity contribution in [3.63, 3.8) is 0 Å². The highest BCUT2D eigenvalue weighted by atomic mass is 16.7. The van der Waals surface area contributed by atoms with Gasteiger partial charge in [0, 0.05) is 18.1 Å². The van der Waals surface area contributed by atoms with E-state index in [9.17, 15) is 9.90 Å². The summed E-state index contributed by atoms with van der Waals surface area (Å²) in [6.07, 6.45) is 2.27. The maximum Gasteiger partial charge on any atom is 0.335 e. The third-order valence-corrected chi connectivity index (χ3v) is 4.75. The van der Waals surface area contributed by atoms with Gasteiger partial charge in [-0.3, -0.25) is 0 Å². The van der Waals surface area contributed by atoms with Gasteiger partial charge in [0.2, 0.25) is 0 Å². The highest BCUT2D eigenvalue weighted by molar-refractivity contribution is 6.20. The molecule has 0 bridgehead atoms. The highest BCUT2D eigenvalue weighted by Crippen LogP contribution is 2.42. The van der Waals surface area contributed by atoms with Crippen LogP contribution < -0.4 is 9.47 Å². The van der Waals surface area contributed by atoms with Crippen LogP contribution >= 0.6 is 0 Å². The fraction of sp³-hybridized carbons (Fsp3) is 0.208. The van der Waals surface area contributed by atoms with Gasteiger partial charge in [-0.1, -0.05) is 54.6 Å². The number of benzene rings is 3. The van der Waals surface area contributed by atoms with E-state index in [1.54, 1.807) is 33.3 Å². The summed E-state index contributed by atoms with van der Waals surface area (Å²) in [6.45, 7) is 1.77. The lowest BCUT2D eigenvalue weighted by atomic mass is 9.91. The summed E-state index contributed by atoms with van der Waals surface area (Å²) in [4.78, 5) is 11.8. The summed E-state index contributed by atoms with van der Waals surface area (Å²) in [5, 5.41) is 11.3. The Bertz CT molecular complexity index is 1040. The largest absolute Gasteiger partial charge is 0.493 e. The van der Waals surface area contributed by atoms with Crippen molar-refractivity contribution < 1.29 is 24.1 Å². The van der Waals surface area contributed by atoms with E-state index in [0.717, 1.165) is 21.9 Å². The molecular weight excluding hydrogens is 368 g/mol. The zero-order valence-corrected chi connectivity index (χ0v) is 16.8. The first-order valence-electron chi connectivity index (χ1n) is 9.29. The van der Waals surface area contributed by atoms with Crippen LogP contribution in [0.25, 0.3) is 16.3 Å². The summed E-state index contributed by atoms with van der Waals surface area (Å²) in [6, 6.07) is 17.7. The zero-order valence-electron chi connectivity index (χ0n) is 16.8. The molecule has 0 radical (unpaired) electrons. The molecule has 150 valence electrons. The van der Waals surface area contributed by atoms with E-state index in [0.29, 0.717) is 23.5 Å². The van der Waals surface area contributed by atoms with E-state index in [1.807, 2.05) is 36.4 Å². The average Bonchev–Trinajstić information content (AvgIpc) is 2.73. The van der Waals surface area contributed by atoms with E-state index in [2.05, 4.69) is 12.1 Å². The Labute approximate surface area is 170 Å². The second-order valence-electron chi connectivity index (χ2n) is 6.52. The van der Waals surface area contributed by atoms with E-state index >= 15 is 0 Å². The van der Waals surface area contributed by atoms with E-state index in [-0.39, 0.29) is 12.4 Å². The van der Waals surface area contributed by atoms with Crippen LogP contribution in [0.15, 0.2) is 60.7 Å². The second-order valence-corrected chi connectivity index (χ2v) is 6.52. The van der Waals surface area contributed by atoms with Crippen LogP contribution in [0.4, 0.5) is 0 Å². The maximum absolute atomic E-state index is 11.8. The summed E-state index contributed by atoms with van der Waals surface area (Å²) in [7, 11) is 3.09. The lowest BCUT2D eigenvalue weighted by Crippen LogP contribution is -2.06. The van der Waals surface area contributed by atoms with Gasteiger partial charge in [-0.15, -0.1) is 0 Å². The molecule has 0 aliphatic rings. The van der Waals surface area contributed by atoms with Crippen molar-refractivity contribution in [2.24, 2.45) is 0 Å². The van der Waals surface area contributed by atoms with Crippen LogP contribution in [0.3, 0.4) is 0 Å². The first-order chi connectivity index (χ1) is 14.1. The molecule has 0 atom stereocenters. The molecule has 0 unspecified atom stereocenters. The minimum Gasteiger partial charge on any atom is -0.493 e.